The molecule has 3 heterocycles. The number of hydrogen-bond donors (Lipinski definition) is 1. The van der Waals surface area contributed by atoms with Gasteiger partial charge in [0.1, 0.15) is 17.6 Å². The highest BCUT2D eigenvalue weighted by Crippen LogP contribution is 2.43. The molecule has 1 aliphatic rings. The summed E-state index contributed by atoms with van der Waals surface area (Å²) in [6.07, 6.45) is 1.74. The molecule has 0 bridgehead atoms. The number of furan rings is 1. The van der Waals surface area contributed by atoms with Gasteiger partial charge in [-0.1, -0.05) is 34.1 Å². The van der Waals surface area contributed by atoms with Crippen molar-refractivity contribution in [1.82, 2.24) is 10.3 Å². The summed E-state index contributed by atoms with van der Waals surface area (Å²) in [5.41, 5.74) is 2.12. The Morgan fingerprint density at radius 3 is 2.52 bits per heavy atom. The van der Waals surface area contributed by atoms with Crippen molar-refractivity contribution in [3.05, 3.63) is 111 Å². The van der Waals surface area contributed by atoms with E-state index in [1.165, 1.54) is 6.07 Å². The fraction of sp³-hybridized carbons (Fsp3) is 0.0833. The predicted octanol–water partition coefficient (Wildman–Crippen LogP) is 6.19. The number of aromatic nitrogens is 1. The first-order valence-corrected chi connectivity index (χ1v) is 11.3. The largest absolute Gasteiger partial charge is 0.459 e. The van der Waals surface area contributed by atoms with Crippen molar-refractivity contribution in [3.63, 3.8) is 0 Å². The maximum Gasteiger partial charge on any atom is 0.280 e. The number of pyridine rings is 1. The second-order valence-corrected chi connectivity index (χ2v) is 8.75. The molecule has 0 unspecified atom stereocenters. The number of rotatable bonds is 5. The van der Waals surface area contributed by atoms with Crippen LogP contribution < -0.4 is 10.2 Å². The van der Waals surface area contributed by atoms with Crippen molar-refractivity contribution in [3.8, 4) is 11.3 Å². The van der Waals surface area contributed by atoms with Crippen LogP contribution >= 0.6 is 28.1 Å². The van der Waals surface area contributed by atoms with E-state index in [1.807, 2.05) is 53.4 Å². The molecule has 0 saturated carbocycles. The molecule has 1 fully saturated rings. The molecule has 1 saturated heterocycles. The Balaban J connectivity index is 1.61. The van der Waals surface area contributed by atoms with E-state index in [9.17, 15) is 10.1 Å². The molecule has 2 atom stereocenters. The standard InChI is InChI=1S/C24H17BrN4O3S/c25-15-8-10-16(11-9-15)28-23(22(27-24(28)33)18-6-3-4-14-26-18)21-13-12-20(32-21)17-5-1-2-7-19(17)29(30)31/h1-14,22-23H,(H,27,33)/t22-,23+/m0/s1. The smallest absolute Gasteiger partial charge is 0.280 e. The van der Waals surface area contributed by atoms with E-state index in [0.717, 1.165) is 15.9 Å². The van der Waals surface area contributed by atoms with Gasteiger partial charge < -0.3 is 14.6 Å². The van der Waals surface area contributed by atoms with Gasteiger partial charge in [-0.15, -0.1) is 0 Å². The zero-order chi connectivity index (χ0) is 22.9. The quantitative estimate of drug-likeness (QED) is 0.191. The van der Waals surface area contributed by atoms with E-state index < -0.39 is 4.92 Å². The third-order valence-electron chi connectivity index (χ3n) is 5.49. The lowest BCUT2D eigenvalue weighted by Gasteiger charge is -2.26. The van der Waals surface area contributed by atoms with E-state index >= 15 is 0 Å². The number of para-hydroxylation sites is 1. The number of nitro benzene ring substituents is 1. The summed E-state index contributed by atoms with van der Waals surface area (Å²) in [4.78, 5) is 17.6. The van der Waals surface area contributed by atoms with Crippen LogP contribution in [0.1, 0.15) is 23.5 Å². The number of halogens is 1. The van der Waals surface area contributed by atoms with Crippen LogP contribution in [0.25, 0.3) is 11.3 Å². The minimum absolute atomic E-state index is 0.00971. The van der Waals surface area contributed by atoms with Crippen molar-refractivity contribution in [1.29, 1.82) is 0 Å². The first-order valence-electron chi connectivity index (χ1n) is 10.1. The van der Waals surface area contributed by atoms with Gasteiger partial charge in [-0.25, -0.2) is 0 Å². The monoisotopic (exact) mass is 520 g/mol. The maximum absolute atomic E-state index is 11.5. The molecule has 2 aromatic carbocycles. The van der Waals surface area contributed by atoms with Gasteiger partial charge in [-0.05, 0) is 66.8 Å². The van der Waals surface area contributed by atoms with Crippen LogP contribution in [0.4, 0.5) is 11.4 Å². The van der Waals surface area contributed by atoms with Crippen LogP contribution in [0.15, 0.2) is 93.9 Å². The summed E-state index contributed by atoms with van der Waals surface area (Å²) < 4.78 is 7.19. The molecular weight excluding hydrogens is 504 g/mol. The van der Waals surface area contributed by atoms with Gasteiger partial charge in [0.15, 0.2) is 5.11 Å². The molecule has 0 radical (unpaired) electrons. The van der Waals surface area contributed by atoms with Crippen molar-refractivity contribution >= 4 is 44.6 Å². The van der Waals surface area contributed by atoms with Gasteiger partial charge in [0.2, 0.25) is 0 Å². The van der Waals surface area contributed by atoms with Crippen molar-refractivity contribution in [2.45, 2.75) is 12.1 Å². The Bertz CT molecular complexity index is 1330. The average molecular weight is 521 g/mol. The maximum atomic E-state index is 11.5. The Morgan fingerprint density at radius 1 is 1.03 bits per heavy atom. The minimum atomic E-state index is -0.408. The molecular formula is C24H17BrN4O3S. The molecule has 9 heteroatoms. The second-order valence-electron chi connectivity index (χ2n) is 7.45. The molecule has 0 amide bonds. The normalized spacial score (nSPS) is 17.7. The lowest BCUT2D eigenvalue weighted by molar-refractivity contribution is -0.384. The number of benzene rings is 2. The Labute approximate surface area is 203 Å². The number of nitrogens with one attached hydrogen (secondary N) is 1. The van der Waals surface area contributed by atoms with Crippen LogP contribution in [0.5, 0.6) is 0 Å². The summed E-state index contributed by atoms with van der Waals surface area (Å²) in [6, 6.07) is 23.1. The third kappa shape index (κ3) is 4.01. The zero-order valence-electron chi connectivity index (χ0n) is 17.1. The van der Waals surface area contributed by atoms with E-state index in [2.05, 4.69) is 26.2 Å². The Morgan fingerprint density at radius 2 is 1.79 bits per heavy atom. The average Bonchev–Trinajstić information content (AvgIpc) is 3.45. The van der Waals surface area contributed by atoms with E-state index in [0.29, 0.717) is 22.2 Å². The first kappa shape index (κ1) is 21.3. The molecule has 164 valence electrons. The van der Waals surface area contributed by atoms with Crippen molar-refractivity contribution in [2.24, 2.45) is 0 Å². The van der Waals surface area contributed by atoms with Crippen LogP contribution in [0, 0.1) is 10.1 Å². The SMILES string of the molecule is O=[N+]([O-])c1ccccc1-c1ccc([C@@H]2[C@H](c3ccccn3)NC(=S)N2c2ccc(Br)cc2)o1. The molecule has 0 aliphatic carbocycles. The summed E-state index contributed by atoms with van der Waals surface area (Å²) in [6.45, 7) is 0. The molecule has 2 aromatic heterocycles. The van der Waals surface area contributed by atoms with Gasteiger partial charge in [0.25, 0.3) is 5.69 Å². The van der Waals surface area contributed by atoms with Gasteiger partial charge >= 0.3 is 0 Å². The zero-order valence-corrected chi connectivity index (χ0v) is 19.5. The van der Waals surface area contributed by atoms with Crippen molar-refractivity contribution < 1.29 is 9.34 Å². The number of thiocarbonyl (C=S) groups is 1. The highest BCUT2D eigenvalue weighted by atomic mass is 79.9. The van der Waals surface area contributed by atoms with Gasteiger partial charge in [-0.3, -0.25) is 15.1 Å². The molecule has 7 nitrogen and oxygen atoms in total. The van der Waals surface area contributed by atoms with Crippen LogP contribution in [-0.4, -0.2) is 15.0 Å². The highest BCUT2D eigenvalue weighted by Gasteiger charge is 2.42. The summed E-state index contributed by atoms with van der Waals surface area (Å²) in [7, 11) is 0. The third-order valence-corrected chi connectivity index (χ3v) is 6.33. The molecule has 4 aromatic rings. The van der Waals surface area contributed by atoms with Gasteiger partial charge in [0, 0.05) is 22.4 Å². The van der Waals surface area contributed by atoms with E-state index in [1.54, 1.807) is 30.5 Å². The lowest BCUT2D eigenvalue weighted by Crippen LogP contribution is -2.29. The number of anilines is 1. The van der Waals surface area contributed by atoms with Gasteiger partial charge in [-0.2, -0.15) is 0 Å². The lowest BCUT2D eigenvalue weighted by atomic mass is 10.0. The van der Waals surface area contributed by atoms with Crippen LogP contribution in [0.3, 0.4) is 0 Å². The van der Waals surface area contributed by atoms with Gasteiger partial charge in [0.05, 0.1) is 22.2 Å². The number of nitro groups is 1. The predicted molar refractivity (Wildman–Crippen MR) is 133 cm³/mol. The Kier molecular flexibility index (Phi) is 5.65. The molecule has 1 aliphatic heterocycles. The molecule has 0 spiro atoms. The first-order chi connectivity index (χ1) is 16.0. The van der Waals surface area contributed by atoms with Crippen LogP contribution in [0.2, 0.25) is 0 Å². The highest BCUT2D eigenvalue weighted by molar-refractivity contribution is 9.10. The summed E-state index contributed by atoms with van der Waals surface area (Å²) >= 11 is 9.18. The fourth-order valence-electron chi connectivity index (χ4n) is 4.02. The number of hydrogen-bond acceptors (Lipinski definition) is 5. The molecule has 33 heavy (non-hydrogen) atoms. The fourth-order valence-corrected chi connectivity index (χ4v) is 4.63. The minimum Gasteiger partial charge on any atom is -0.459 e. The molecule has 5 rings (SSSR count). The van der Waals surface area contributed by atoms with Crippen molar-refractivity contribution in [2.75, 3.05) is 4.90 Å². The van der Waals surface area contributed by atoms with E-state index in [4.69, 9.17) is 16.6 Å². The summed E-state index contributed by atoms with van der Waals surface area (Å²) in [5.74, 6) is 1.04. The molecule has 1 N–H and O–H groups in total. The summed E-state index contributed by atoms with van der Waals surface area (Å²) in [5, 5.41) is 15.4. The Hall–Kier alpha value is -3.56. The second kappa shape index (κ2) is 8.76. The van der Waals surface area contributed by atoms with E-state index in [-0.39, 0.29) is 17.8 Å². The number of nitrogens with zero attached hydrogens (tertiary/aromatic N) is 3. The van der Waals surface area contributed by atoms with Crippen LogP contribution in [-0.2, 0) is 0 Å². The topological polar surface area (TPSA) is 84.4 Å².